The largest absolute Gasteiger partial charge is 0.331 e. The maximum atomic E-state index is 11.1. The Kier molecular flexibility index (Phi) is 5.47. The normalized spacial score (nSPS) is 8.25. The molecule has 3 nitrogen and oxygen atoms in total. The van der Waals surface area contributed by atoms with E-state index in [1.165, 1.54) is 4.90 Å². The number of rotatable bonds is 4. The van der Waals surface area contributed by atoms with Crippen LogP contribution in [0.25, 0.3) is 0 Å². The average Bonchev–Trinajstić information content (AvgIpc) is 2.04. The summed E-state index contributed by atoms with van der Waals surface area (Å²) in [4.78, 5) is 12.6. The zero-order chi connectivity index (χ0) is 9.40. The van der Waals surface area contributed by atoms with Gasteiger partial charge >= 0.3 is 0 Å². The van der Waals surface area contributed by atoms with Gasteiger partial charge in [0.15, 0.2) is 0 Å². The summed E-state index contributed by atoms with van der Waals surface area (Å²) in [6.45, 7) is 2.89. The van der Waals surface area contributed by atoms with Gasteiger partial charge < -0.3 is 4.90 Å². The molecular formula is C9H12N2O. The Morgan fingerprint density at radius 1 is 1.67 bits per heavy atom. The lowest BCUT2D eigenvalue weighted by Crippen LogP contribution is -2.31. The molecule has 0 saturated heterocycles. The molecule has 3 heteroatoms. The minimum Gasteiger partial charge on any atom is -0.331 e. The van der Waals surface area contributed by atoms with E-state index in [2.05, 4.69) is 5.92 Å². The van der Waals surface area contributed by atoms with E-state index in [0.29, 0.717) is 13.1 Å². The van der Waals surface area contributed by atoms with Crippen LogP contribution < -0.4 is 0 Å². The van der Waals surface area contributed by atoms with Crippen molar-refractivity contribution < 1.29 is 4.79 Å². The van der Waals surface area contributed by atoms with Gasteiger partial charge in [-0.05, 0) is 6.42 Å². The van der Waals surface area contributed by atoms with Crippen LogP contribution in [0, 0.1) is 23.7 Å². The van der Waals surface area contributed by atoms with Crippen LogP contribution in [0.15, 0.2) is 0 Å². The van der Waals surface area contributed by atoms with Crippen molar-refractivity contribution in [2.45, 2.75) is 19.8 Å². The molecule has 0 radical (unpaired) electrons. The number of hydrogen-bond acceptors (Lipinski definition) is 2. The maximum absolute atomic E-state index is 11.1. The first-order valence-electron chi connectivity index (χ1n) is 3.84. The first kappa shape index (κ1) is 10.5. The lowest BCUT2D eigenvalue weighted by molar-refractivity contribution is -0.129. The summed E-state index contributed by atoms with van der Waals surface area (Å²) >= 11 is 0. The molecule has 0 aliphatic carbocycles. The zero-order valence-corrected chi connectivity index (χ0v) is 7.21. The summed E-state index contributed by atoms with van der Waals surface area (Å²) in [5, 5.41) is 8.27. The van der Waals surface area contributed by atoms with Crippen molar-refractivity contribution in [3.05, 3.63) is 0 Å². The lowest BCUT2D eigenvalue weighted by atomic mass is 10.3. The topological polar surface area (TPSA) is 44.1 Å². The first-order chi connectivity index (χ1) is 5.76. The smallest absolute Gasteiger partial charge is 0.237 e. The molecule has 0 aromatic carbocycles. The van der Waals surface area contributed by atoms with E-state index in [4.69, 9.17) is 11.7 Å². The Morgan fingerprint density at radius 2 is 2.33 bits per heavy atom. The minimum absolute atomic E-state index is 0.0817. The van der Waals surface area contributed by atoms with E-state index in [-0.39, 0.29) is 12.3 Å². The number of hydrogen-bond donors (Lipinski definition) is 0. The predicted octanol–water partition coefficient (Wildman–Crippen LogP) is 0.772. The molecule has 0 aromatic rings. The second-order valence-electron chi connectivity index (χ2n) is 2.35. The molecular weight excluding hydrogens is 152 g/mol. The number of amides is 1. The molecule has 0 heterocycles. The molecule has 0 bridgehead atoms. The van der Waals surface area contributed by atoms with E-state index in [1.54, 1.807) is 6.07 Å². The Bertz CT molecular complexity index is 222. The highest BCUT2D eigenvalue weighted by Gasteiger charge is 2.09. The standard InChI is InChI=1S/C9H12N2O/c1-3-7-11(8-4-2)9(12)5-6-10/h1H,4-5,7-8H2,2H3. The van der Waals surface area contributed by atoms with Gasteiger partial charge in [0.2, 0.25) is 5.91 Å². The van der Waals surface area contributed by atoms with Crippen LogP contribution in [0.3, 0.4) is 0 Å². The molecule has 0 fully saturated rings. The lowest BCUT2D eigenvalue weighted by Gasteiger charge is -2.17. The fourth-order valence-corrected chi connectivity index (χ4v) is 0.851. The Labute approximate surface area is 73.0 Å². The van der Waals surface area contributed by atoms with Crippen LogP contribution in [-0.4, -0.2) is 23.9 Å². The van der Waals surface area contributed by atoms with Gasteiger partial charge in [0.05, 0.1) is 12.6 Å². The summed E-state index contributed by atoms with van der Waals surface area (Å²) in [5.74, 6) is 2.20. The van der Waals surface area contributed by atoms with Gasteiger partial charge in [-0.1, -0.05) is 12.8 Å². The third kappa shape index (κ3) is 3.63. The highest BCUT2D eigenvalue weighted by Crippen LogP contribution is 1.94. The van der Waals surface area contributed by atoms with E-state index >= 15 is 0 Å². The summed E-state index contributed by atoms with van der Waals surface area (Å²) in [6.07, 6.45) is 5.85. The molecule has 12 heavy (non-hydrogen) atoms. The predicted molar refractivity (Wildman–Crippen MR) is 45.9 cm³/mol. The molecule has 0 rings (SSSR count). The third-order valence-electron chi connectivity index (χ3n) is 1.36. The van der Waals surface area contributed by atoms with Crippen LogP contribution in [0.4, 0.5) is 0 Å². The van der Waals surface area contributed by atoms with Crippen LogP contribution >= 0.6 is 0 Å². The molecule has 1 amide bonds. The van der Waals surface area contributed by atoms with Gasteiger partial charge in [0, 0.05) is 6.54 Å². The number of terminal acetylenes is 1. The Hall–Kier alpha value is -1.48. The number of carbonyl (C=O) groups is 1. The molecule has 0 N–H and O–H groups in total. The van der Waals surface area contributed by atoms with Crippen molar-refractivity contribution in [1.82, 2.24) is 4.90 Å². The summed E-state index contributed by atoms with van der Waals surface area (Å²) < 4.78 is 0. The van der Waals surface area contributed by atoms with E-state index in [9.17, 15) is 4.79 Å². The monoisotopic (exact) mass is 164 g/mol. The minimum atomic E-state index is -0.183. The SMILES string of the molecule is C#CCN(CCC)C(=O)CC#N. The molecule has 0 atom stereocenters. The van der Waals surface area contributed by atoms with Crippen molar-refractivity contribution in [2.75, 3.05) is 13.1 Å². The van der Waals surface area contributed by atoms with Crippen LogP contribution in [-0.2, 0) is 4.79 Å². The van der Waals surface area contributed by atoms with Crippen molar-refractivity contribution in [3.8, 4) is 18.4 Å². The molecule has 64 valence electrons. The van der Waals surface area contributed by atoms with Crippen LogP contribution in [0.5, 0.6) is 0 Å². The van der Waals surface area contributed by atoms with Crippen molar-refractivity contribution >= 4 is 5.91 Å². The van der Waals surface area contributed by atoms with Gasteiger partial charge in [-0.3, -0.25) is 4.79 Å². The molecule has 0 saturated carbocycles. The first-order valence-corrected chi connectivity index (χ1v) is 3.84. The highest BCUT2D eigenvalue weighted by atomic mass is 16.2. The van der Waals surface area contributed by atoms with Crippen molar-refractivity contribution in [3.63, 3.8) is 0 Å². The van der Waals surface area contributed by atoms with Crippen molar-refractivity contribution in [1.29, 1.82) is 5.26 Å². The quantitative estimate of drug-likeness (QED) is 0.576. The van der Waals surface area contributed by atoms with E-state index < -0.39 is 0 Å². The molecule has 0 aliphatic rings. The second kappa shape index (κ2) is 6.24. The Balaban J connectivity index is 4.03. The summed E-state index contributed by atoms with van der Waals surface area (Å²) in [5.41, 5.74) is 0. The number of carbonyl (C=O) groups excluding carboxylic acids is 1. The average molecular weight is 164 g/mol. The van der Waals surface area contributed by atoms with Gasteiger partial charge in [-0.25, -0.2) is 0 Å². The zero-order valence-electron chi connectivity index (χ0n) is 7.21. The molecule has 0 aromatic heterocycles. The van der Waals surface area contributed by atoms with Gasteiger partial charge in [-0.2, -0.15) is 5.26 Å². The molecule has 0 unspecified atom stereocenters. The molecule has 0 spiro atoms. The fraction of sp³-hybridized carbons (Fsp3) is 0.556. The Morgan fingerprint density at radius 3 is 2.75 bits per heavy atom. The number of nitriles is 1. The van der Waals surface area contributed by atoms with Gasteiger partial charge in [0.1, 0.15) is 6.42 Å². The highest BCUT2D eigenvalue weighted by molar-refractivity contribution is 5.78. The van der Waals surface area contributed by atoms with E-state index in [0.717, 1.165) is 6.42 Å². The van der Waals surface area contributed by atoms with E-state index in [1.807, 2.05) is 6.92 Å². The fourth-order valence-electron chi connectivity index (χ4n) is 0.851. The van der Waals surface area contributed by atoms with Crippen LogP contribution in [0.1, 0.15) is 19.8 Å². The summed E-state index contributed by atoms with van der Waals surface area (Å²) in [6, 6.07) is 1.80. The van der Waals surface area contributed by atoms with Gasteiger partial charge in [-0.15, -0.1) is 6.42 Å². The maximum Gasteiger partial charge on any atom is 0.237 e. The summed E-state index contributed by atoms with van der Waals surface area (Å²) in [7, 11) is 0. The third-order valence-corrected chi connectivity index (χ3v) is 1.36. The van der Waals surface area contributed by atoms with Crippen LogP contribution in [0.2, 0.25) is 0 Å². The second-order valence-corrected chi connectivity index (χ2v) is 2.35. The molecule has 0 aliphatic heterocycles. The van der Waals surface area contributed by atoms with Crippen molar-refractivity contribution in [2.24, 2.45) is 0 Å². The van der Waals surface area contributed by atoms with Gasteiger partial charge in [0.25, 0.3) is 0 Å². The number of nitrogens with zero attached hydrogens (tertiary/aromatic N) is 2.